The fourth-order valence-corrected chi connectivity index (χ4v) is 2.24. The average molecular weight is 318 g/mol. The maximum atomic E-state index is 11.2. The number of esters is 4. The Morgan fingerprint density at radius 3 is 1.96 bits per heavy atom. The zero-order valence-corrected chi connectivity index (χ0v) is 12.8. The molecule has 2 aliphatic heterocycles. The molecule has 1 aliphatic carbocycles. The third-order valence-corrected chi connectivity index (χ3v) is 3.33. The number of hydrogen-bond donors (Lipinski definition) is 0. The fraction of sp³-hybridized carbons (Fsp3) is 0.294. The van der Waals surface area contributed by atoms with E-state index in [0.717, 1.165) is 12.2 Å². The molecule has 6 heteroatoms. The number of hydrogen-bond acceptors (Lipinski definition) is 6. The van der Waals surface area contributed by atoms with Crippen molar-refractivity contribution in [1.29, 1.82) is 0 Å². The Morgan fingerprint density at radius 1 is 1.00 bits per heavy atom. The average Bonchev–Trinajstić information content (AvgIpc) is 3.03. The van der Waals surface area contributed by atoms with E-state index < -0.39 is 11.9 Å². The molecule has 0 N–H and O–H groups in total. The number of allylic oxidation sites excluding steroid dienone is 4. The van der Waals surface area contributed by atoms with Crippen LogP contribution in [0.15, 0.2) is 49.6 Å². The first-order valence-corrected chi connectivity index (χ1v) is 7.00. The molecule has 0 aromatic heterocycles. The maximum Gasteiger partial charge on any atom is 0.338 e. The van der Waals surface area contributed by atoms with Gasteiger partial charge in [-0.3, -0.25) is 9.59 Å². The van der Waals surface area contributed by atoms with Crippen molar-refractivity contribution in [2.75, 3.05) is 0 Å². The lowest BCUT2D eigenvalue weighted by atomic mass is 9.78. The largest absolute Gasteiger partial charge is 0.393 e. The molecule has 0 bridgehead atoms. The number of ether oxygens (including phenoxy) is 2. The molecular formula is C17H18O6. The van der Waals surface area contributed by atoms with Crippen LogP contribution in [0.5, 0.6) is 0 Å². The molecule has 3 atom stereocenters. The molecule has 122 valence electrons. The summed E-state index contributed by atoms with van der Waals surface area (Å²) in [6, 6.07) is 0. The summed E-state index contributed by atoms with van der Waals surface area (Å²) in [6.07, 6.45) is 10.0. The van der Waals surface area contributed by atoms with Gasteiger partial charge >= 0.3 is 23.9 Å². The Morgan fingerprint density at radius 2 is 1.57 bits per heavy atom. The Kier molecular flexibility index (Phi) is 6.86. The lowest BCUT2D eigenvalue weighted by Gasteiger charge is -2.20. The highest BCUT2D eigenvalue weighted by atomic mass is 16.6. The van der Waals surface area contributed by atoms with Crippen LogP contribution in [0.2, 0.25) is 0 Å². The highest BCUT2D eigenvalue weighted by molar-refractivity contribution is 6.04. The molecule has 0 aromatic carbocycles. The van der Waals surface area contributed by atoms with Gasteiger partial charge < -0.3 is 9.47 Å². The fourth-order valence-electron chi connectivity index (χ4n) is 2.24. The molecule has 0 aromatic rings. The molecule has 6 nitrogen and oxygen atoms in total. The lowest BCUT2D eigenvalue weighted by molar-refractivity contribution is -0.154. The van der Waals surface area contributed by atoms with E-state index in [0.29, 0.717) is 6.42 Å². The molecule has 3 aliphatic rings. The van der Waals surface area contributed by atoms with E-state index in [4.69, 9.17) is 0 Å². The van der Waals surface area contributed by atoms with E-state index in [-0.39, 0.29) is 29.7 Å². The molecule has 2 heterocycles. The van der Waals surface area contributed by atoms with Gasteiger partial charge in [0.25, 0.3) is 0 Å². The van der Waals surface area contributed by atoms with Crippen molar-refractivity contribution in [3.8, 4) is 0 Å². The van der Waals surface area contributed by atoms with Crippen LogP contribution in [0.25, 0.3) is 0 Å². The van der Waals surface area contributed by atoms with Gasteiger partial charge in [-0.15, -0.1) is 0 Å². The first kappa shape index (κ1) is 18.3. The Labute approximate surface area is 134 Å². The first-order chi connectivity index (χ1) is 10.9. The van der Waals surface area contributed by atoms with Crippen molar-refractivity contribution in [2.24, 2.45) is 17.8 Å². The van der Waals surface area contributed by atoms with Gasteiger partial charge in [0.2, 0.25) is 0 Å². The third-order valence-electron chi connectivity index (χ3n) is 3.33. The van der Waals surface area contributed by atoms with Crippen LogP contribution in [0.4, 0.5) is 0 Å². The van der Waals surface area contributed by atoms with Crippen molar-refractivity contribution in [3.63, 3.8) is 0 Å². The van der Waals surface area contributed by atoms with Gasteiger partial charge in [-0.1, -0.05) is 44.4 Å². The second-order valence-corrected chi connectivity index (χ2v) is 4.94. The Hall–Kier alpha value is -2.76. The van der Waals surface area contributed by atoms with E-state index in [9.17, 15) is 19.2 Å². The van der Waals surface area contributed by atoms with Gasteiger partial charge in [-0.2, -0.15) is 0 Å². The molecule has 0 saturated carbocycles. The predicted molar refractivity (Wildman–Crippen MR) is 81.6 cm³/mol. The van der Waals surface area contributed by atoms with Gasteiger partial charge in [0.05, 0.1) is 11.8 Å². The highest BCUT2D eigenvalue weighted by Gasteiger charge is 2.46. The zero-order chi connectivity index (χ0) is 17.4. The van der Waals surface area contributed by atoms with Crippen LogP contribution in [0.1, 0.15) is 13.3 Å². The SMILES string of the molecule is C=CC=C.CC1C=CC[C@@H]2C(=O)OC(=O)[C@H]12.O=C1C=CC(=O)O1. The molecule has 1 fully saturated rings. The van der Waals surface area contributed by atoms with Gasteiger partial charge in [0.1, 0.15) is 0 Å². The zero-order valence-electron chi connectivity index (χ0n) is 12.8. The summed E-state index contributed by atoms with van der Waals surface area (Å²) in [4.78, 5) is 42.1. The van der Waals surface area contributed by atoms with Crippen LogP contribution in [0.3, 0.4) is 0 Å². The van der Waals surface area contributed by atoms with Crippen LogP contribution in [-0.2, 0) is 28.7 Å². The Bertz CT molecular complexity index is 562. The summed E-state index contributed by atoms with van der Waals surface area (Å²) in [5, 5.41) is 0. The van der Waals surface area contributed by atoms with Crippen LogP contribution in [-0.4, -0.2) is 23.9 Å². The van der Waals surface area contributed by atoms with E-state index in [1.54, 1.807) is 12.2 Å². The highest BCUT2D eigenvalue weighted by Crippen LogP contribution is 2.36. The minimum Gasteiger partial charge on any atom is -0.393 e. The molecular weight excluding hydrogens is 300 g/mol. The third kappa shape index (κ3) is 5.18. The minimum atomic E-state index is -0.579. The van der Waals surface area contributed by atoms with Crippen molar-refractivity contribution in [2.45, 2.75) is 13.3 Å². The van der Waals surface area contributed by atoms with E-state index >= 15 is 0 Å². The summed E-state index contributed by atoms with van der Waals surface area (Å²) in [7, 11) is 0. The topological polar surface area (TPSA) is 86.7 Å². The maximum absolute atomic E-state index is 11.2. The van der Waals surface area contributed by atoms with Gasteiger partial charge in [-0.05, 0) is 12.3 Å². The standard InChI is InChI=1S/C9H10O3.C4H2O3.C4H6/c1-5-3-2-4-6-7(5)9(11)12-8(6)10;5-3-1-2-4(6)7-3;1-3-4-2/h2-3,5-7H,4H2,1H3;1-2H;3-4H,1-2H2/t5?,6-,7+;;/m0../s1. The number of fused-ring (bicyclic) bond motifs is 1. The summed E-state index contributed by atoms with van der Waals surface area (Å²) in [6.45, 7) is 8.66. The van der Waals surface area contributed by atoms with E-state index in [1.165, 1.54) is 0 Å². The van der Waals surface area contributed by atoms with Crippen molar-refractivity contribution >= 4 is 23.9 Å². The summed E-state index contributed by atoms with van der Waals surface area (Å²) >= 11 is 0. The van der Waals surface area contributed by atoms with Crippen LogP contribution < -0.4 is 0 Å². The van der Waals surface area contributed by atoms with E-state index in [1.807, 2.05) is 19.1 Å². The summed E-state index contributed by atoms with van der Waals surface area (Å²) in [5.41, 5.74) is 0. The molecule has 1 unspecified atom stereocenters. The molecule has 0 amide bonds. The minimum absolute atomic E-state index is 0.141. The lowest BCUT2D eigenvalue weighted by Crippen LogP contribution is -2.25. The molecule has 1 saturated heterocycles. The molecule has 0 radical (unpaired) electrons. The number of carbonyl (C=O) groups is 4. The summed E-state index contributed by atoms with van der Waals surface area (Å²) < 4.78 is 8.53. The Balaban J connectivity index is 0.000000204. The molecule has 3 rings (SSSR count). The number of rotatable bonds is 1. The smallest absolute Gasteiger partial charge is 0.338 e. The number of cyclic esters (lactones) is 4. The molecule has 0 spiro atoms. The van der Waals surface area contributed by atoms with Crippen molar-refractivity contribution < 1.29 is 28.7 Å². The monoisotopic (exact) mass is 318 g/mol. The summed E-state index contributed by atoms with van der Waals surface area (Å²) in [5.74, 6) is -2.14. The van der Waals surface area contributed by atoms with Crippen molar-refractivity contribution in [3.05, 3.63) is 49.6 Å². The van der Waals surface area contributed by atoms with Crippen LogP contribution >= 0.6 is 0 Å². The van der Waals surface area contributed by atoms with Gasteiger partial charge in [0, 0.05) is 12.2 Å². The second-order valence-electron chi connectivity index (χ2n) is 4.94. The quantitative estimate of drug-likeness (QED) is 0.317. The normalized spacial score (nSPS) is 26.9. The second kappa shape index (κ2) is 8.63. The van der Waals surface area contributed by atoms with E-state index in [2.05, 4.69) is 22.6 Å². The van der Waals surface area contributed by atoms with Gasteiger partial charge in [0.15, 0.2) is 0 Å². The first-order valence-electron chi connectivity index (χ1n) is 7.00. The number of carbonyl (C=O) groups excluding carboxylic acids is 4. The van der Waals surface area contributed by atoms with Crippen LogP contribution in [0, 0.1) is 17.8 Å². The molecule has 23 heavy (non-hydrogen) atoms. The van der Waals surface area contributed by atoms with Crippen molar-refractivity contribution in [1.82, 2.24) is 0 Å². The van der Waals surface area contributed by atoms with Gasteiger partial charge in [-0.25, -0.2) is 9.59 Å². The predicted octanol–water partition coefficient (Wildman–Crippen LogP) is 1.88.